The van der Waals surface area contributed by atoms with Crippen LogP contribution in [0.5, 0.6) is 0 Å². The minimum absolute atomic E-state index is 0.0385. The maximum atomic E-state index is 8.14. The summed E-state index contributed by atoms with van der Waals surface area (Å²) in [6, 6.07) is -1.92. The molecule has 6 aliphatic rings. The van der Waals surface area contributed by atoms with Gasteiger partial charge in [0.05, 0.1) is 0 Å². The van der Waals surface area contributed by atoms with Gasteiger partial charge in [-0.3, -0.25) is 0 Å². The first-order chi connectivity index (χ1) is 43.6. The molecule has 544 valence electrons. The molecule has 36 nitrogen and oxygen atoms in total. The Kier molecular flexibility index (Phi) is 32.2. The Morgan fingerprint density at radius 1 is 0.141 bits per heavy atom. The van der Waals surface area contributed by atoms with Crippen LogP contribution in [0.15, 0.2) is 0 Å². The molecule has 6 rings (SSSR count). The van der Waals surface area contributed by atoms with E-state index in [1.807, 2.05) is 0 Å². The lowest BCUT2D eigenvalue weighted by Crippen LogP contribution is -2.88. The third kappa shape index (κ3) is 18.7. The van der Waals surface area contributed by atoms with Gasteiger partial charge in [-0.25, -0.2) is 0 Å². The van der Waals surface area contributed by atoms with Gasteiger partial charge in [-0.05, 0) is 0 Å². The number of rotatable bonds is 48. The number of hydrogen-bond donors (Lipinski definition) is 0. The van der Waals surface area contributed by atoms with E-state index in [-0.39, 0.29) is 96.7 Å². The Bertz CT molecular complexity index is 1630. The largest absolute Gasteiger partial charge is 0.500 e. The van der Waals surface area contributed by atoms with Crippen LogP contribution in [-0.4, -0.2) is 312 Å². The average Bonchev–Trinajstić information content (AvgIpc) is 0.686. The van der Waals surface area contributed by atoms with E-state index in [2.05, 4.69) is 0 Å². The average molecular weight is 1610 g/mol. The zero-order chi connectivity index (χ0) is 68.8. The molecule has 52 heteroatoms. The van der Waals surface area contributed by atoms with Crippen LogP contribution in [-0.2, 0) is 156 Å². The van der Waals surface area contributed by atoms with Gasteiger partial charge in [-0.2, -0.15) is 0 Å². The summed E-state index contributed by atoms with van der Waals surface area (Å²) >= 11 is 0. The van der Waals surface area contributed by atoms with Crippen LogP contribution < -0.4 is 0 Å². The molecule has 0 radical (unpaired) electrons. The van der Waals surface area contributed by atoms with Crippen LogP contribution in [0.4, 0.5) is 0 Å². The summed E-state index contributed by atoms with van der Waals surface area (Å²) in [6.07, 6.45) is 0. The molecule has 0 aromatic heterocycles. The fourth-order valence-electron chi connectivity index (χ4n) is 11.5. The van der Waals surface area contributed by atoms with E-state index in [4.69, 9.17) is 156 Å². The van der Waals surface area contributed by atoms with Gasteiger partial charge in [0.25, 0.3) is 0 Å². The summed E-state index contributed by atoms with van der Waals surface area (Å²) in [7, 11) is -34.6. The molecule has 0 saturated carbocycles. The van der Waals surface area contributed by atoms with Crippen molar-refractivity contribution in [3.05, 3.63) is 0 Å². The normalized spacial score (nSPS) is 30.0. The van der Waals surface area contributed by atoms with E-state index in [1.54, 1.807) is 0 Å². The van der Waals surface area contributed by atoms with Gasteiger partial charge in [0.1, 0.15) is 0 Å². The van der Waals surface area contributed by atoms with E-state index in [0.29, 0.717) is 0 Å². The van der Waals surface area contributed by atoms with E-state index >= 15 is 0 Å². The SMILES string of the molecule is CO[Si](CC[Si]12O[Si]3(CC[Si](OC)(OC)OC)O[Si]4(CC[Si](OC)(OC)OC)O[Si](CC[Si](OC)(OC)OC)(O1)O[Si]1(CC[Si](OC)(OC)OC)O[Si](CC[Si](OC)(OC)OC)(O2)O[Si](CC[Si](OC)(OC)OC)(O3)O[Si](CC[Si](OC)(OC)OC)(O4)O1)(OC)OC. The maximum absolute atomic E-state index is 8.14. The van der Waals surface area contributed by atoms with Gasteiger partial charge < -0.3 is 156 Å². The van der Waals surface area contributed by atoms with Crippen molar-refractivity contribution < 1.29 is 156 Å². The highest BCUT2D eigenvalue weighted by Crippen LogP contribution is 2.57. The second-order valence-electron chi connectivity index (χ2n) is 21.1. The van der Waals surface area contributed by atoms with Crippen molar-refractivity contribution in [2.24, 2.45) is 0 Å². The zero-order valence-electron chi connectivity index (χ0n) is 58.0. The lowest BCUT2D eigenvalue weighted by Gasteiger charge is -2.63. The monoisotopic (exact) mass is 1610 g/mol. The third-order valence-corrected chi connectivity index (χ3v) is 79.7. The highest BCUT2D eigenvalue weighted by Gasteiger charge is 2.84. The number of hydrogen-bond acceptors (Lipinski definition) is 36. The quantitative estimate of drug-likeness (QED) is 0.0791. The molecule has 0 aliphatic carbocycles. The lowest BCUT2D eigenvalue weighted by molar-refractivity contribution is -0.0316. The van der Waals surface area contributed by atoms with Gasteiger partial charge in [-0.15, -0.1) is 0 Å². The predicted octanol–water partition coefficient (Wildman–Crippen LogP) is 2.79. The highest BCUT2D eigenvalue weighted by molar-refractivity contribution is 7.04. The van der Waals surface area contributed by atoms with Crippen LogP contribution in [0.1, 0.15) is 0 Å². The summed E-state index contributed by atoms with van der Waals surface area (Å²) in [4.78, 5) is 0. The first-order valence-electron chi connectivity index (χ1n) is 29.3. The topological polar surface area (TPSA) is 332 Å². The van der Waals surface area contributed by atoms with Crippen LogP contribution in [0, 0.1) is 0 Å². The fourth-order valence-corrected chi connectivity index (χ4v) is 85.5. The highest BCUT2D eigenvalue weighted by atomic mass is 28.6. The molecule has 0 spiro atoms. The van der Waals surface area contributed by atoms with Gasteiger partial charge in [0.15, 0.2) is 0 Å². The van der Waals surface area contributed by atoms with Crippen molar-refractivity contribution in [3.8, 4) is 0 Å². The molecular weight excluding hydrogens is 1510 g/mol. The second kappa shape index (κ2) is 35.0. The Labute approximate surface area is 560 Å². The molecule has 6 saturated heterocycles. The maximum Gasteiger partial charge on any atom is 0.500 e. The van der Waals surface area contributed by atoms with Crippen LogP contribution in [0.25, 0.3) is 0 Å². The van der Waals surface area contributed by atoms with Crippen LogP contribution in [0.2, 0.25) is 96.7 Å². The summed E-state index contributed by atoms with van der Waals surface area (Å²) in [5.41, 5.74) is 0. The molecule has 92 heavy (non-hydrogen) atoms. The first kappa shape index (κ1) is 84.7. The smallest absolute Gasteiger partial charge is 0.377 e. The van der Waals surface area contributed by atoms with Crippen molar-refractivity contribution in [2.45, 2.75) is 96.7 Å². The van der Waals surface area contributed by atoms with Crippen LogP contribution >= 0.6 is 0 Å². The molecule has 0 amide bonds. The first-order valence-corrected chi connectivity index (χ1v) is 60.2. The molecular formula is C40H104O36Si16. The lowest BCUT2D eigenvalue weighted by atomic mass is 10.9. The molecule has 6 fully saturated rings. The van der Waals surface area contributed by atoms with Crippen molar-refractivity contribution in [2.75, 3.05) is 171 Å². The second-order valence-corrected chi connectivity index (χ2v) is 70.5. The Morgan fingerprint density at radius 3 is 0.261 bits per heavy atom. The minimum atomic E-state index is -5.04. The Hall–Kier alpha value is 2.03. The van der Waals surface area contributed by atoms with Crippen molar-refractivity contribution in [3.63, 3.8) is 0 Å². The summed E-state index contributed by atoms with van der Waals surface area (Å²) < 4.78 is 246. The molecule has 6 aliphatic heterocycles. The van der Waals surface area contributed by atoms with E-state index < -0.39 is 141 Å². The van der Waals surface area contributed by atoms with Crippen LogP contribution in [0.3, 0.4) is 0 Å². The van der Waals surface area contributed by atoms with E-state index in [1.165, 1.54) is 171 Å². The van der Waals surface area contributed by atoms with Gasteiger partial charge in [0.2, 0.25) is 0 Å². The van der Waals surface area contributed by atoms with E-state index in [9.17, 15) is 0 Å². The van der Waals surface area contributed by atoms with Crippen molar-refractivity contribution in [1.82, 2.24) is 0 Å². The van der Waals surface area contributed by atoms with E-state index in [0.717, 1.165) is 0 Å². The van der Waals surface area contributed by atoms with Gasteiger partial charge in [-0.1, -0.05) is 0 Å². The predicted molar refractivity (Wildman–Crippen MR) is 350 cm³/mol. The molecule has 0 aromatic rings. The summed E-state index contributed by atoms with van der Waals surface area (Å²) in [5, 5.41) is 0. The molecule has 0 N–H and O–H groups in total. The fraction of sp³-hybridized carbons (Fsp3) is 1.00. The summed E-state index contributed by atoms with van der Waals surface area (Å²) in [6.45, 7) is 0. The summed E-state index contributed by atoms with van der Waals surface area (Å²) in [5.74, 6) is 0. The third-order valence-electron chi connectivity index (χ3n) is 17.1. The molecule has 0 unspecified atom stereocenters. The standard InChI is InChI=1S/C40H104O36Si16/c1-41-77(42-2,43-3)25-33-85-65-86(34-26-78(44-4,45-5)46-6)68-89(37-29-81(53-13,54-14)55-15)70-87(66-85,35-27-79(47-7,48-8)49-9)72-91(39-31-83(59-19,60-20)61-21)73-88(67-85,36-28-80(50-10,51-11)52-12)71-90(69-86,38-30-82(56-16,57-17)58-18)75-92(74-89,76-91)40-32-84(62-22,63-23)64-24/h25-40H2,1-24H3. The minimum Gasteiger partial charge on any atom is -0.377 e. The van der Waals surface area contributed by atoms with Gasteiger partial charge >= 0.3 is 141 Å². The molecule has 6 heterocycles. The zero-order valence-corrected chi connectivity index (χ0v) is 74.0. The Balaban J connectivity index is 2.20. The van der Waals surface area contributed by atoms with Crippen molar-refractivity contribution in [1.29, 1.82) is 0 Å². The molecule has 8 bridgehead atoms. The van der Waals surface area contributed by atoms with Crippen molar-refractivity contribution >= 4 is 141 Å². The Morgan fingerprint density at radius 2 is 0.207 bits per heavy atom. The molecule has 0 atom stereocenters. The van der Waals surface area contributed by atoms with Gasteiger partial charge in [0, 0.05) is 267 Å². The molecule has 0 aromatic carbocycles.